The summed E-state index contributed by atoms with van der Waals surface area (Å²) in [4.78, 5) is 33.3. The molecule has 172 valence electrons. The average Bonchev–Trinajstić information content (AvgIpc) is 3.39. The highest BCUT2D eigenvalue weighted by Gasteiger charge is 2.17. The van der Waals surface area contributed by atoms with Crippen molar-refractivity contribution < 1.29 is 14.7 Å². The van der Waals surface area contributed by atoms with Crippen molar-refractivity contribution in [3.8, 4) is 17.1 Å². The van der Waals surface area contributed by atoms with Crippen LogP contribution in [-0.2, 0) is 12.8 Å². The van der Waals surface area contributed by atoms with E-state index in [1.165, 1.54) is 11.3 Å². The van der Waals surface area contributed by atoms with Gasteiger partial charge in [-0.1, -0.05) is 13.0 Å². The summed E-state index contributed by atoms with van der Waals surface area (Å²) in [5.74, 6) is 1.23. The van der Waals surface area contributed by atoms with Crippen molar-refractivity contribution in [2.45, 2.75) is 40.0 Å². The molecule has 0 unspecified atom stereocenters. The zero-order chi connectivity index (χ0) is 23.5. The predicted octanol–water partition coefficient (Wildman–Crippen LogP) is 3.52. The molecule has 4 rings (SSSR count). The lowest BCUT2D eigenvalue weighted by atomic mass is 10.1. The number of imidazole rings is 1. The Morgan fingerprint density at radius 2 is 2.09 bits per heavy atom. The Hall–Kier alpha value is -3.50. The molecule has 1 amide bonds. The van der Waals surface area contributed by atoms with Gasteiger partial charge in [-0.05, 0) is 50.1 Å². The van der Waals surface area contributed by atoms with Gasteiger partial charge in [-0.15, -0.1) is 16.4 Å². The maximum Gasteiger partial charge on any atom is 0.284 e. The van der Waals surface area contributed by atoms with Gasteiger partial charge in [0.25, 0.3) is 11.5 Å². The van der Waals surface area contributed by atoms with Gasteiger partial charge in [0, 0.05) is 17.7 Å². The van der Waals surface area contributed by atoms with E-state index in [9.17, 15) is 9.59 Å². The molecular formula is C23H25N5O4S. The molecule has 1 aromatic carbocycles. The highest BCUT2D eigenvalue weighted by Crippen LogP contribution is 2.30. The van der Waals surface area contributed by atoms with Gasteiger partial charge in [-0.3, -0.25) is 14.8 Å². The molecule has 33 heavy (non-hydrogen) atoms. The van der Waals surface area contributed by atoms with Gasteiger partial charge in [0.2, 0.25) is 0 Å². The second kappa shape index (κ2) is 9.55. The van der Waals surface area contributed by atoms with Crippen molar-refractivity contribution in [2.75, 3.05) is 6.61 Å². The third-order valence-corrected chi connectivity index (χ3v) is 6.26. The van der Waals surface area contributed by atoms with E-state index in [1.807, 2.05) is 38.1 Å². The zero-order valence-corrected chi connectivity index (χ0v) is 19.5. The minimum Gasteiger partial charge on any atom is -0.493 e. The molecule has 0 saturated heterocycles. The van der Waals surface area contributed by atoms with Crippen LogP contribution in [0, 0.1) is 6.92 Å². The molecule has 4 aromatic rings. The first-order chi connectivity index (χ1) is 15.9. The number of fused-ring (bicyclic) bond motifs is 1. The summed E-state index contributed by atoms with van der Waals surface area (Å²) in [5, 5.41) is 13.5. The Balaban J connectivity index is 1.78. The topological polar surface area (TPSA) is 122 Å². The number of rotatable bonds is 8. The first-order valence-corrected chi connectivity index (χ1v) is 11.5. The lowest BCUT2D eigenvalue weighted by Crippen LogP contribution is -2.16. The van der Waals surface area contributed by atoms with Gasteiger partial charge in [0.15, 0.2) is 11.3 Å². The summed E-state index contributed by atoms with van der Waals surface area (Å²) in [6.45, 7) is 6.23. The van der Waals surface area contributed by atoms with Gasteiger partial charge in [-0.25, -0.2) is 15.0 Å². The lowest BCUT2D eigenvalue weighted by Gasteiger charge is -2.12. The maximum atomic E-state index is 12.9. The minimum absolute atomic E-state index is 0.252. The maximum absolute atomic E-state index is 12.9. The molecule has 0 fully saturated rings. The molecule has 0 spiro atoms. The van der Waals surface area contributed by atoms with E-state index in [0.717, 1.165) is 22.7 Å². The normalized spacial score (nSPS) is 11.2. The van der Waals surface area contributed by atoms with E-state index < -0.39 is 5.91 Å². The monoisotopic (exact) mass is 467 g/mol. The van der Waals surface area contributed by atoms with Crippen molar-refractivity contribution in [3.63, 3.8) is 0 Å². The molecule has 0 aliphatic heterocycles. The number of carbonyl (C=O) groups excluding carboxylic acids is 1. The van der Waals surface area contributed by atoms with Gasteiger partial charge >= 0.3 is 0 Å². The molecule has 0 atom stereocenters. The second-order valence-corrected chi connectivity index (χ2v) is 8.74. The predicted molar refractivity (Wildman–Crippen MR) is 125 cm³/mol. The van der Waals surface area contributed by atoms with E-state index in [-0.39, 0.29) is 5.56 Å². The zero-order valence-electron chi connectivity index (χ0n) is 18.6. The molecule has 3 aromatic heterocycles. The van der Waals surface area contributed by atoms with Gasteiger partial charge < -0.3 is 9.72 Å². The van der Waals surface area contributed by atoms with E-state index in [2.05, 4.69) is 16.9 Å². The van der Waals surface area contributed by atoms with Crippen molar-refractivity contribution in [1.82, 2.24) is 25.1 Å². The number of benzene rings is 1. The SMILES string of the molecule is CCCc1nc(C)c2c(=O)[nH]c(-c3cc(Cc4ccc(C(=O)NO)s4)ccc3OCC)nn12. The number of aryl methyl sites for hydroxylation is 2. The van der Waals surface area contributed by atoms with Crippen molar-refractivity contribution >= 4 is 22.8 Å². The highest BCUT2D eigenvalue weighted by molar-refractivity contribution is 7.14. The lowest BCUT2D eigenvalue weighted by molar-refractivity contribution is 0.0711. The molecular weight excluding hydrogens is 442 g/mol. The number of aromatic amines is 1. The molecule has 0 bridgehead atoms. The number of hydrogen-bond donors (Lipinski definition) is 3. The molecule has 3 heterocycles. The van der Waals surface area contributed by atoms with Crippen LogP contribution < -0.4 is 15.8 Å². The second-order valence-electron chi connectivity index (χ2n) is 7.57. The first-order valence-electron chi connectivity index (χ1n) is 10.7. The summed E-state index contributed by atoms with van der Waals surface area (Å²) in [7, 11) is 0. The summed E-state index contributed by atoms with van der Waals surface area (Å²) in [5.41, 5.74) is 4.13. The average molecular weight is 468 g/mol. The Kier molecular flexibility index (Phi) is 6.57. The number of nitrogens with one attached hydrogen (secondary N) is 2. The third kappa shape index (κ3) is 4.53. The fraction of sp³-hybridized carbons (Fsp3) is 0.304. The number of H-pyrrole nitrogens is 1. The largest absolute Gasteiger partial charge is 0.493 e. The van der Waals surface area contributed by atoms with Crippen LogP contribution in [0.2, 0.25) is 0 Å². The number of hydrogen-bond acceptors (Lipinski definition) is 7. The Bertz CT molecular complexity index is 1370. The third-order valence-electron chi connectivity index (χ3n) is 5.18. The van der Waals surface area contributed by atoms with Crippen LogP contribution in [0.1, 0.15) is 51.9 Å². The van der Waals surface area contributed by atoms with Crippen molar-refractivity contribution in [3.05, 3.63) is 67.5 Å². The summed E-state index contributed by atoms with van der Waals surface area (Å²) < 4.78 is 7.45. The van der Waals surface area contributed by atoms with Crippen LogP contribution in [0.4, 0.5) is 0 Å². The van der Waals surface area contributed by atoms with Gasteiger partial charge in [-0.2, -0.15) is 0 Å². The van der Waals surface area contributed by atoms with Gasteiger partial charge in [0.1, 0.15) is 11.6 Å². The number of aromatic nitrogens is 4. The summed E-state index contributed by atoms with van der Waals surface area (Å²) in [6.07, 6.45) is 2.17. The van der Waals surface area contributed by atoms with Crippen LogP contribution in [0.15, 0.2) is 35.1 Å². The minimum atomic E-state index is -0.535. The van der Waals surface area contributed by atoms with E-state index in [0.29, 0.717) is 52.7 Å². The van der Waals surface area contributed by atoms with E-state index >= 15 is 0 Å². The number of thiophene rings is 1. The van der Waals surface area contributed by atoms with Gasteiger partial charge in [0.05, 0.1) is 22.7 Å². The summed E-state index contributed by atoms with van der Waals surface area (Å²) in [6, 6.07) is 9.26. The standard InChI is InChI=1S/C23H25N5O4S/c1-4-6-19-24-13(3)20-23(30)25-21(26-28(19)20)16-12-14(7-9-17(16)32-5-2)11-15-8-10-18(33-15)22(29)27-31/h7-10,12,31H,4-6,11H2,1-3H3,(H,27,29)(H,25,26,30). The van der Waals surface area contributed by atoms with Crippen molar-refractivity contribution in [2.24, 2.45) is 0 Å². The van der Waals surface area contributed by atoms with Crippen LogP contribution >= 0.6 is 11.3 Å². The molecule has 3 N–H and O–H groups in total. The smallest absolute Gasteiger partial charge is 0.284 e. The Labute approximate surface area is 194 Å². The van der Waals surface area contributed by atoms with Crippen molar-refractivity contribution in [1.29, 1.82) is 0 Å². The van der Waals surface area contributed by atoms with Crippen LogP contribution in [0.25, 0.3) is 16.9 Å². The van der Waals surface area contributed by atoms with Crippen LogP contribution in [0.5, 0.6) is 5.75 Å². The first kappa shape index (κ1) is 22.7. The van der Waals surface area contributed by atoms with E-state index in [4.69, 9.17) is 15.0 Å². The quantitative estimate of drug-likeness (QED) is 0.269. The molecule has 0 radical (unpaired) electrons. The number of amides is 1. The number of carbonyl (C=O) groups is 1. The molecule has 0 aliphatic carbocycles. The Morgan fingerprint density at radius 1 is 1.27 bits per heavy atom. The Morgan fingerprint density at radius 3 is 2.82 bits per heavy atom. The molecule has 0 saturated carbocycles. The highest BCUT2D eigenvalue weighted by atomic mass is 32.1. The van der Waals surface area contributed by atoms with Crippen LogP contribution in [0.3, 0.4) is 0 Å². The van der Waals surface area contributed by atoms with Crippen LogP contribution in [-0.4, -0.2) is 37.3 Å². The molecule has 9 nitrogen and oxygen atoms in total. The number of ether oxygens (including phenoxy) is 1. The molecule has 10 heteroatoms. The number of hydroxylamine groups is 1. The van der Waals surface area contributed by atoms with E-state index in [1.54, 1.807) is 16.1 Å². The summed E-state index contributed by atoms with van der Waals surface area (Å²) >= 11 is 1.30. The molecule has 0 aliphatic rings. The number of nitrogens with zero attached hydrogens (tertiary/aromatic N) is 3. The fourth-order valence-corrected chi connectivity index (χ4v) is 4.68. The fourth-order valence-electron chi connectivity index (χ4n) is 3.75.